The zero-order valence-electron chi connectivity index (χ0n) is 6.88. The monoisotopic (exact) mass is 195 g/mol. The predicted molar refractivity (Wildman–Crippen MR) is 49.5 cm³/mol. The van der Waals surface area contributed by atoms with Gasteiger partial charge < -0.3 is 9.52 Å². The summed E-state index contributed by atoms with van der Waals surface area (Å²) in [6, 6.07) is 1.84. The zero-order chi connectivity index (χ0) is 9.10. The van der Waals surface area contributed by atoms with E-state index in [1.54, 1.807) is 18.0 Å². The van der Waals surface area contributed by atoms with Gasteiger partial charge in [-0.25, -0.2) is 4.98 Å². The molecule has 1 unspecified atom stereocenters. The Morgan fingerprint density at radius 2 is 2.54 bits per heavy atom. The van der Waals surface area contributed by atoms with Crippen LogP contribution in [0.15, 0.2) is 33.9 Å². The molecule has 0 radical (unpaired) electrons. The molecule has 0 aliphatic carbocycles. The quantitative estimate of drug-likeness (QED) is 0.814. The number of nitrogens with zero attached hydrogens (tertiary/aromatic N) is 1. The van der Waals surface area contributed by atoms with Crippen molar-refractivity contribution in [2.45, 2.75) is 12.5 Å². The van der Waals surface area contributed by atoms with Crippen LogP contribution in [0.2, 0.25) is 0 Å². The van der Waals surface area contributed by atoms with Crippen LogP contribution in [-0.4, -0.2) is 10.1 Å². The molecule has 3 nitrogen and oxygen atoms in total. The summed E-state index contributed by atoms with van der Waals surface area (Å²) in [4.78, 5) is 4.03. The minimum absolute atomic E-state index is 0.524. The van der Waals surface area contributed by atoms with Crippen molar-refractivity contribution in [3.05, 3.63) is 40.7 Å². The van der Waals surface area contributed by atoms with E-state index in [1.807, 2.05) is 11.4 Å². The molecule has 0 amide bonds. The molecule has 2 heterocycles. The fourth-order valence-electron chi connectivity index (χ4n) is 1.12. The molecule has 2 aromatic rings. The van der Waals surface area contributed by atoms with Crippen molar-refractivity contribution in [2.24, 2.45) is 0 Å². The molecule has 4 heteroatoms. The van der Waals surface area contributed by atoms with Gasteiger partial charge in [0.2, 0.25) is 0 Å². The van der Waals surface area contributed by atoms with Crippen molar-refractivity contribution < 1.29 is 9.52 Å². The van der Waals surface area contributed by atoms with Crippen LogP contribution in [0.5, 0.6) is 0 Å². The van der Waals surface area contributed by atoms with Gasteiger partial charge in [-0.3, -0.25) is 0 Å². The molecule has 0 saturated carbocycles. The summed E-state index contributed by atoms with van der Waals surface area (Å²) < 4.78 is 4.90. The number of hydrogen-bond acceptors (Lipinski definition) is 4. The van der Waals surface area contributed by atoms with Gasteiger partial charge >= 0.3 is 0 Å². The van der Waals surface area contributed by atoms with Gasteiger partial charge in [-0.2, -0.15) is 0 Å². The lowest BCUT2D eigenvalue weighted by atomic mass is 10.1. The summed E-state index contributed by atoms with van der Waals surface area (Å²) in [6.45, 7) is 0. The third kappa shape index (κ3) is 1.96. The number of thiazole rings is 1. The topological polar surface area (TPSA) is 46.3 Å². The summed E-state index contributed by atoms with van der Waals surface area (Å²) in [5, 5.41) is 11.5. The molecular formula is C9H9NO2S. The second kappa shape index (κ2) is 3.72. The first-order valence-electron chi connectivity index (χ1n) is 3.93. The third-order valence-corrected chi connectivity index (χ3v) is 2.41. The largest absolute Gasteiger partial charge is 0.472 e. The predicted octanol–water partition coefficient (Wildman–Crippen LogP) is 2.01. The summed E-state index contributed by atoms with van der Waals surface area (Å²) in [6.07, 6.45) is 3.27. The van der Waals surface area contributed by atoms with Crippen molar-refractivity contribution in [3.63, 3.8) is 0 Å². The van der Waals surface area contributed by atoms with Crippen molar-refractivity contribution in [3.8, 4) is 0 Å². The van der Waals surface area contributed by atoms with E-state index in [1.165, 1.54) is 11.3 Å². The Kier molecular flexibility index (Phi) is 2.42. The second-order valence-electron chi connectivity index (χ2n) is 2.76. The first-order valence-corrected chi connectivity index (χ1v) is 4.88. The van der Waals surface area contributed by atoms with Crippen LogP contribution in [-0.2, 0) is 6.42 Å². The molecule has 0 aromatic carbocycles. The first kappa shape index (κ1) is 8.47. The van der Waals surface area contributed by atoms with Crippen LogP contribution in [0.25, 0.3) is 0 Å². The molecular weight excluding hydrogens is 186 g/mol. The highest BCUT2D eigenvalue weighted by Gasteiger charge is 2.10. The van der Waals surface area contributed by atoms with E-state index >= 15 is 0 Å². The molecule has 0 aliphatic heterocycles. The average Bonchev–Trinajstić information content (AvgIpc) is 2.74. The molecule has 1 N–H and O–H groups in total. The Hall–Kier alpha value is -1.13. The number of aromatic nitrogens is 1. The Balaban J connectivity index is 2.04. The number of hydrogen-bond donors (Lipinski definition) is 1. The van der Waals surface area contributed by atoms with Crippen LogP contribution in [0, 0.1) is 0 Å². The molecule has 0 fully saturated rings. The van der Waals surface area contributed by atoms with E-state index in [0.29, 0.717) is 6.42 Å². The summed E-state index contributed by atoms with van der Waals surface area (Å²) in [5.74, 6) is 0. The molecule has 13 heavy (non-hydrogen) atoms. The summed E-state index contributed by atoms with van der Waals surface area (Å²) >= 11 is 1.49. The maximum absolute atomic E-state index is 9.68. The van der Waals surface area contributed by atoms with Crippen LogP contribution in [0.3, 0.4) is 0 Å². The van der Waals surface area contributed by atoms with Gasteiger partial charge in [0.1, 0.15) is 6.10 Å². The Labute approximate surface area is 79.7 Å². The van der Waals surface area contributed by atoms with E-state index in [-0.39, 0.29) is 0 Å². The smallest absolute Gasteiger partial charge is 0.101 e. The number of aliphatic hydroxyl groups excluding tert-OH is 1. The maximum atomic E-state index is 9.68. The average molecular weight is 195 g/mol. The zero-order valence-corrected chi connectivity index (χ0v) is 7.70. The van der Waals surface area contributed by atoms with E-state index in [4.69, 9.17) is 4.42 Å². The number of aliphatic hydroxyl groups is 1. The van der Waals surface area contributed by atoms with Crippen molar-refractivity contribution >= 4 is 11.3 Å². The van der Waals surface area contributed by atoms with Crippen molar-refractivity contribution in [2.75, 3.05) is 0 Å². The van der Waals surface area contributed by atoms with Crippen LogP contribution >= 0.6 is 11.3 Å². The van der Waals surface area contributed by atoms with Crippen molar-refractivity contribution in [1.82, 2.24) is 4.98 Å². The van der Waals surface area contributed by atoms with Gasteiger partial charge in [-0.05, 0) is 11.6 Å². The summed E-state index contributed by atoms with van der Waals surface area (Å²) in [7, 11) is 0. The van der Waals surface area contributed by atoms with Gasteiger partial charge in [0, 0.05) is 11.8 Å². The highest BCUT2D eigenvalue weighted by Crippen LogP contribution is 2.17. The highest BCUT2D eigenvalue weighted by atomic mass is 32.1. The Morgan fingerprint density at radius 1 is 1.62 bits per heavy atom. The first-order chi connectivity index (χ1) is 6.36. The number of rotatable bonds is 3. The molecule has 0 spiro atoms. The molecule has 0 aliphatic rings. The van der Waals surface area contributed by atoms with Crippen LogP contribution < -0.4 is 0 Å². The molecule has 2 rings (SSSR count). The molecule has 0 saturated heterocycles. The third-order valence-electron chi connectivity index (χ3n) is 1.80. The molecule has 1 atom stereocenters. The lowest BCUT2D eigenvalue weighted by Crippen LogP contribution is -2.00. The van der Waals surface area contributed by atoms with Crippen LogP contribution in [0.1, 0.15) is 17.4 Å². The molecule has 2 aromatic heterocycles. The van der Waals surface area contributed by atoms with Gasteiger partial charge in [0.05, 0.1) is 23.7 Å². The van der Waals surface area contributed by atoms with Gasteiger partial charge in [-0.1, -0.05) is 0 Å². The fourth-order valence-corrected chi connectivity index (χ4v) is 1.72. The maximum Gasteiger partial charge on any atom is 0.101 e. The normalized spacial score (nSPS) is 13.0. The van der Waals surface area contributed by atoms with Gasteiger partial charge in [0.25, 0.3) is 0 Å². The van der Waals surface area contributed by atoms with E-state index in [9.17, 15) is 5.11 Å². The van der Waals surface area contributed by atoms with Crippen molar-refractivity contribution in [1.29, 1.82) is 0 Å². The van der Waals surface area contributed by atoms with E-state index in [0.717, 1.165) is 11.3 Å². The fraction of sp³-hybridized carbons (Fsp3) is 0.222. The molecule has 0 bridgehead atoms. The second-order valence-corrected chi connectivity index (χ2v) is 3.48. The Morgan fingerprint density at radius 3 is 3.15 bits per heavy atom. The van der Waals surface area contributed by atoms with Gasteiger partial charge in [-0.15, -0.1) is 11.3 Å². The van der Waals surface area contributed by atoms with E-state index in [2.05, 4.69) is 4.98 Å². The summed E-state index contributed by atoms with van der Waals surface area (Å²) in [5.41, 5.74) is 3.43. The lowest BCUT2D eigenvalue weighted by Gasteiger charge is -2.04. The minimum Gasteiger partial charge on any atom is -0.472 e. The number of furan rings is 1. The van der Waals surface area contributed by atoms with Crippen LogP contribution in [0.4, 0.5) is 0 Å². The standard InChI is InChI=1S/C9H9NO2S/c11-9(8-5-13-6-10-8)3-7-1-2-12-4-7/h1-2,4-6,9,11H,3H2. The lowest BCUT2D eigenvalue weighted by molar-refractivity contribution is 0.174. The van der Waals surface area contributed by atoms with Gasteiger partial charge in [0.15, 0.2) is 0 Å². The SMILES string of the molecule is OC(Cc1ccoc1)c1cscn1. The Bertz CT molecular complexity index is 342. The minimum atomic E-state index is -0.524. The highest BCUT2D eigenvalue weighted by molar-refractivity contribution is 7.07. The van der Waals surface area contributed by atoms with E-state index < -0.39 is 6.10 Å². The molecule has 68 valence electrons.